The first-order valence-electron chi connectivity index (χ1n) is 6.55. The van der Waals surface area contributed by atoms with Crippen molar-refractivity contribution in [2.75, 3.05) is 6.54 Å². The van der Waals surface area contributed by atoms with Crippen LogP contribution in [0.1, 0.15) is 18.9 Å². The van der Waals surface area contributed by atoms with Gasteiger partial charge in [0.25, 0.3) is 5.56 Å². The predicted octanol–water partition coefficient (Wildman–Crippen LogP) is 2.27. The van der Waals surface area contributed by atoms with E-state index in [2.05, 4.69) is 17.2 Å². The van der Waals surface area contributed by atoms with Gasteiger partial charge >= 0.3 is 0 Å². The molecule has 2 N–H and O–H groups in total. The predicted molar refractivity (Wildman–Crippen MR) is 73.5 cm³/mol. The lowest BCUT2D eigenvalue weighted by molar-refractivity contribution is 0.610. The van der Waals surface area contributed by atoms with Gasteiger partial charge in [-0.05, 0) is 42.3 Å². The highest BCUT2D eigenvalue weighted by Crippen LogP contribution is 2.36. The summed E-state index contributed by atoms with van der Waals surface area (Å²) in [7, 11) is 0. The summed E-state index contributed by atoms with van der Waals surface area (Å²) in [6, 6.07) is 9.86. The van der Waals surface area contributed by atoms with E-state index in [0.29, 0.717) is 6.54 Å². The fraction of sp³-hybridized carbons (Fsp3) is 0.400. The van der Waals surface area contributed by atoms with Gasteiger partial charge in [0.1, 0.15) is 0 Å². The average Bonchev–Trinajstić information content (AvgIpc) is 3.06. The van der Waals surface area contributed by atoms with Gasteiger partial charge in [-0.3, -0.25) is 4.79 Å². The van der Waals surface area contributed by atoms with E-state index in [1.165, 1.54) is 6.42 Å². The van der Waals surface area contributed by atoms with Crippen LogP contribution < -0.4 is 10.9 Å². The van der Waals surface area contributed by atoms with Crippen molar-refractivity contribution >= 4 is 10.9 Å². The first-order chi connectivity index (χ1) is 8.74. The van der Waals surface area contributed by atoms with Crippen LogP contribution >= 0.6 is 0 Å². The van der Waals surface area contributed by atoms with Gasteiger partial charge in [0.05, 0.1) is 0 Å². The molecule has 0 amide bonds. The number of hydrogen-bond acceptors (Lipinski definition) is 2. The molecule has 0 radical (unpaired) electrons. The molecule has 2 unspecified atom stereocenters. The van der Waals surface area contributed by atoms with Crippen LogP contribution in [0.5, 0.6) is 0 Å². The van der Waals surface area contributed by atoms with Crippen molar-refractivity contribution in [2.24, 2.45) is 11.8 Å². The van der Waals surface area contributed by atoms with Crippen LogP contribution in [0.2, 0.25) is 0 Å². The molecule has 3 nitrogen and oxygen atoms in total. The summed E-state index contributed by atoms with van der Waals surface area (Å²) < 4.78 is 0. The number of aromatic amines is 1. The molecule has 0 spiro atoms. The molecule has 1 aromatic carbocycles. The molecular weight excluding hydrogens is 224 g/mol. The van der Waals surface area contributed by atoms with Crippen molar-refractivity contribution in [1.29, 1.82) is 0 Å². The molecule has 3 heteroatoms. The van der Waals surface area contributed by atoms with Crippen LogP contribution in [-0.2, 0) is 6.54 Å². The quantitative estimate of drug-likeness (QED) is 0.864. The molecule has 0 bridgehead atoms. The Balaban J connectivity index is 1.74. The SMILES string of the molecule is CC1CC1CNCc1cc2ccccc2[nH]c1=O. The second kappa shape index (κ2) is 4.58. The lowest BCUT2D eigenvalue weighted by Crippen LogP contribution is -2.22. The number of nitrogens with one attached hydrogen (secondary N) is 2. The number of hydrogen-bond donors (Lipinski definition) is 2. The minimum absolute atomic E-state index is 0.0186. The van der Waals surface area contributed by atoms with Crippen molar-refractivity contribution in [1.82, 2.24) is 10.3 Å². The van der Waals surface area contributed by atoms with Crippen LogP contribution in [-0.4, -0.2) is 11.5 Å². The number of aromatic nitrogens is 1. The molecule has 1 saturated carbocycles. The number of fused-ring (bicyclic) bond motifs is 1. The molecule has 18 heavy (non-hydrogen) atoms. The zero-order chi connectivity index (χ0) is 12.5. The summed E-state index contributed by atoms with van der Waals surface area (Å²) in [5.41, 5.74) is 1.74. The molecule has 1 aliphatic carbocycles. The van der Waals surface area contributed by atoms with Crippen molar-refractivity contribution in [2.45, 2.75) is 19.9 Å². The standard InChI is InChI=1S/C15H18N2O/c1-10-6-12(10)8-16-9-13-7-11-4-2-3-5-14(11)17-15(13)18/h2-5,7,10,12,16H,6,8-9H2,1H3,(H,17,18). The Morgan fingerprint density at radius 3 is 2.94 bits per heavy atom. The molecule has 94 valence electrons. The van der Waals surface area contributed by atoms with Gasteiger partial charge in [-0.15, -0.1) is 0 Å². The Bertz CT molecular complexity index is 617. The van der Waals surface area contributed by atoms with E-state index in [9.17, 15) is 4.79 Å². The second-order valence-electron chi connectivity index (χ2n) is 5.31. The third kappa shape index (κ3) is 2.31. The number of benzene rings is 1. The van der Waals surface area contributed by atoms with Gasteiger partial charge in [0.15, 0.2) is 0 Å². The van der Waals surface area contributed by atoms with E-state index in [1.54, 1.807) is 0 Å². The Labute approximate surface area is 106 Å². The van der Waals surface area contributed by atoms with E-state index in [0.717, 1.165) is 34.8 Å². The molecule has 1 fully saturated rings. The molecule has 1 heterocycles. The first kappa shape index (κ1) is 11.5. The highest BCUT2D eigenvalue weighted by Gasteiger charge is 2.31. The van der Waals surface area contributed by atoms with Crippen LogP contribution in [0.15, 0.2) is 35.1 Å². The third-order valence-electron chi connectivity index (χ3n) is 3.83. The fourth-order valence-corrected chi connectivity index (χ4v) is 2.40. The topological polar surface area (TPSA) is 44.9 Å². The lowest BCUT2D eigenvalue weighted by Gasteiger charge is -2.05. The molecule has 2 atom stereocenters. The molecule has 0 aliphatic heterocycles. The maximum atomic E-state index is 11.9. The van der Waals surface area contributed by atoms with E-state index < -0.39 is 0 Å². The summed E-state index contributed by atoms with van der Waals surface area (Å²) >= 11 is 0. The van der Waals surface area contributed by atoms with Gasteiger partial charge in [0.2, 0.25) is 0 Å². The second-order valence-corrected chi connectivity index (χ2v) is 5.31. The van der Waals surface area contributed by atoms with E-state index in [4.69, 9.17) is 0 Å². The highest BCUT2D eigenvalue weighted by atomic mass is 16.1. The van der Waals surface area contributed by atoms with Crippen molar-refractivity contribution in [3.63, 3.8) is 0 Å². The van der Waals surface area contributed by atoms with E-state index >= 15 is 0 Å². The Kier molecular flexibility index (Phi) is 2.92. The normalized spacial score (nSPS) is 22.3. The number of pyridine rings is 1. The average molecular weight is 242 g/mol. The Morgan fingerprint density at radius 1 is 1.39 bits per heavy atom. The third-order valence-corrected chi connectivity index (χ3v) is 3.83. The van der Waals surface area contributed by atoms with Crippen molar-refractivity contribution < 1.29 is 0 Å². The van der Waals surface area contributed by atoms with Crippen LogP contribution in [0.25, 0.3) is 10.9 Å². The monoisotopic (exact) mass is 242 g/mol. The van der Waals surface area contributed by atoms with Crippen molar-refractivity contribution in [3.8, 4) is 0 Å². The first-order valence-corrected chi connectivity index (χ1v) is 6.55. The minimum Gasteiger partial charge on any atom is -0.322 e. The summed E-state index contributed by atoms with van der Waals surface area (Å²) in [6.45, 7) is 3.95. The van der Waals surface area contributed by atoms with Gasteiger partial charge in [-0.2, -0.15) is 0 Å². The van der Waals surface area contributed by atoms with Crippen LogP contribution in [0.3, 0.4) is 0 Å². The maximum Gasteiger partial charge on any atom is 0.252 e. The number of rotatable bonds is 4. The Morgan fingerprint density at radius 2 is 2.17 bits per heavy atom. The number of H-pyrrole nitrogens is 1. The summed E-state index contributed by atoms with van der Waals surface area (Å²) in [6.07, 6.45) is 1.32. The molecule has 0 saturated heterocycles. The zero-order valence-electron chi connectivity index (χ0n) is 10.6. The van der Waals surface area contributed by atoms with Gasteiger partial charge in [-0.1, -0.05) is 25.1 Å². The van der Waals surface area contributed by atoms with Crippen LogP contribution in [0, 0.1) is 11.8 Å². The molecular formula is C15H18N2O. The number of para-hydroxylation sites is 1. The van der Waals surface area contributed by atoms with Gasteiger partial charge in [0, 0.05) is 17.6 Å². The van der Waals surface area contributed by atoms with E-state index in [-0.39, 0.29) is 5.56 Å². The molecule has 2 aromatic rings. The minimum atomic E-state index is 0.0186. The smallest absolute Gasteiger partial charge is 0.252 e. The summed E-state index contributed by atoms with van der Waals surface area (Å²) in [4.78, 5) is 14.8. The van der Waals surface area contributed by atoms with Crippen LogP contribution in [0.4, 0.5) is 0 Å². The molecule has 1 aliphatic rings. The largest absolute Gasteiger partial charge is 0.322 e. The van der Waals surface area contributed by atoms with Gasteiger partial charge < -0.3 is 10.3 Å². The van der Waals surface area contributed by atoms with E-state index in [1.807, 2.05) is 30.3 Å². The summed E-state index contributed by atoms with van der Waals surface area (Å²) in [5.74, 6) is 1.66. The molecule has 3 rings (SSSR count). The molecule has 1 aromatic heterocycles. The fourth-order valence-electron chi connectivity index (χ4n) is 2.40. The Hall–Kier alpha value is -1.61. The lowest BCUT2D eigenvalue weighted by atomic mass is 10.1. The highest BCUT2D eigenvalue weighted by molar-refractivity contribution is 5.78. The maximum absolute atomic E-state index is 11.9. The zero-order valence-corrected chi connectivity index (χ0v) is 10.6. The summed E-state index contributed by atoms with van der Waals surface area (Å²) in [5, 5.41) is 4.47. The van der Waals surface area contributed by atoms with Gasteiger partial charge in [-0.25, -0.2) is 0 Å². The van der Waals surface area contributed by atoms with Crippen molar-refractivity contribution in [3.05, 3.63) is 46.2 Å².